The van der Waals surface area contributed by atoms with Gasteiger partial charge in [0.1, 0.15) is 10.2 Å². The molecule has 0 spiro atoms. The lowest BCUT2D eigenvalue weighted by atomic mass is 9.95. The quantitative estimate of drug-likeness (QED) is 0.942. The number of benzene rings is 1. The van der Waals surface area contributed by atoms with Gasteiger partial charge in [0.15, 0.2) is 0 Å². The molecule has 1 aromatic heterocycles. The van der Waals surface area contributed by atoms with Crippen LogP contribution in [0.5, 0.6) is 0 Å². The summed E-state index contributed by atoms with van der Waals surface area (Å²) in [4.78, 5) is 4.97. The van der Waals surface area contributed by atoms with Crippen molar-refractivity contribution in [2.75, 3.05) is 0 Å². The van der Waals surface area contributed by atoms with E-state index in [0.717, 1.165) is 15.0 Å². The molecule has 84 valence electrons. The van der Waals surface area contributed by atoms with Crippen LogP contribution in [0.15, 0.2) is 40.4 Å². The number of halogens is 1. The van der Waals surface area contributed by atoms with Crippen LogP contribution < -0.4 is 0 Å². The van der Waals surface area contributed by atoms with Crippen LogP contribution in [-0.2, 0) is 12.0 Å². The van der Waals surface area contributed by atoms with Gasteiger partial charge in [-0.2, -0.15) is 0 Å². The van der Waals surface area contributed by atoms with Gasteiger partial charge in [0.25, 0.3) is 0 Å². The van der Waals surface area contributed by atoms with Gasteiger partial charge in [0, 0.05) is 6.42 Å². The smallest absolute Gasteiger partial charge is 0.123 e. The molecular formula is C12H12BrNOS. The molecule has 1 unspecified atom stereocenters. The lowest BCUT2D eigenvalue weighted by Crippen LogP contribution is -2.23. The first-order chi connectivity index (χ1) is 7.59. The van der Waals surface area contributed by atoms with Crippen molar-refractivity contribution in [1.82, 2.24) is 4.98 Å². The molecule has 1 atom stereocenters. The van der Waals surface area contributed by atoms with Crippen LogP contribution in [0.4, 0.5) is 0 Å². The summed E-state index contributed by atoms with van der Waals surface area (Å²) < 4.78 is 0.735. The highest BCUT2D eigenvalue weighted by atomic mass is 79.9. The molecule has 2 aromatic rings. The van der Waals surface area contributed by atoms with E-state index in [2.05, 4.69) is 20.9 Å². The van der Waals surface area contributed by atoms with Crippen molar-refractivity contribution in [3.05, 3.63) is 50.9 Å². The lowest BCUT2D eigenvalue weighted by Gasteiger charge is -2.22. The van der Waals surface area contributed by atoms with Crippen molar-refractivity contribution in [2.45, 2.75) is 18.9 Å². The first-order valence-electron chi connectivity index (χ1n) is 4.95. The van der Waals surface area contributed by atoms with E-state index in [1.807, 2.05) is 37.3 Å². The van der Waals surface area contributed by atoms with E-state index >= 15 is 0 Å². The van der Waals surface area contributed by atoms with Crippen LogP contribution in [0, 0.1) is 0 Å². The summed E-state index contributed by atoms with van der Waals surface area (Å²) in [7, 11) is 0. The Morgan fingerprint density at radius 2 is 2.06 bits per heavy atom. The van der Waals surface area contributed by atoms with E-state index in [9.17, 15) is 5.11 Å². The standard InChI is InChI=1S/C12H12BrNOS/c1-12(15,10-11(13)14-8-16-10)7-9-5-3-2-4-6-9/h2-6,8,15H,7H2,1H3. The average Bonchev–Trinajstić information content (AvgIpc) is 2.66. The van der Waals surface area contributed by atoms with E-state index < -0.39 is 5.60 Å². The predicted molar refractivity (Wildman–Crippen MR) is 69.5 cm³/mol. The van der Waals surface area contributed by atoms with Crippen LogP contribution >= 0.6 is 27.3 Å². The lowest BCUT2D eigenvalue weighted by molar-refractivity contribution is 0.0605. The molecule has 0 aliphatic rings. The number of thiazole rings is 1. The topological polar surface area (TPSA) is 33.1 Å². The van der Waals surface area contributed by atoms with Crippen molar-refractivity contribution < 1.29 is 5.11 Å². The van der Waals surface area contributed by atoms with Gasteiger partial charge in [-0.15, -0.1) is 11.3 Å². The molecule has 0 amide bonds. The zero-order valence-corrected chi connectivity index (χ0v) is 11.3. The van der Waals surface area contributed by atoms with Gasteiger partial charge in [-0.25, -0.2) is 4.98 Å². The minimum Gasteiger partial charge on any atom is -0.384 e. The molecule has 1 N–H and O–H groups in total. The maximum Gasteiger partial charge on any atom is 0.123 e. The summed E-state index contributed by atoms with van der Waals surface area (Å²) >= 11 is 4.82. The van der Waals surface area contributed by atoms with Gasteiger partial charge in [0.05, 0.1) is 10.4 Å². The Morgan fingerprint density at radius 1 is 1.38 bits per heavy atom. The normalized spacial score (nSPS) is 14.7. The molecular weight excluding hydrogens is 286 g/mol. The highest BCUT2D eigenvalue weighted by molar-refractivity contribution is 9.10. The van der Waals surface area contributed by atoms with Crippen molar-refractivity contribution >= 4 is 27.3 Å². The second-order valence-corrected chi connectivity index (χ2v) is 5.51. The Hall–Kier alpha value is -0.710. The highest BCUT2D eigenvalue weighted by Crippen LogP contribution is 2.33. The van der Waals surface area contributed by atoms with Crippen LogP contribution in [0.2, 0.25) is 0 Å². The zero-order valence-electron chi connectivity index (χ0n) is 8.85. The molecule has 2 nitrogen and oxygen atoms in total. The molecule has 0 saturated carbocycles. The first-order valence-corrected chi connectivity index (χ1v) is 6.62. The molecule has 16 heavy (non-hydrogen) atoms. The Kier molecular flexibility index (Phi) is 3.42. The van der Waals surface area contributed by atoms with Crippen molar-refractivity contribution in [3.63, 3.8) is 0 Å². The summed E-state index contributed by atoms with van der Waals surface area (Å²) in [5.41, 5.74) is 1.98. The number of aliphatic hydroxyl groups is 1. The summed E-state index contributed by atoms with van der Waals surface area (Å²) in [6.07, 6.45) is 0.592. The van der Waals surface area contributed by atoms with Crippen molar-refractivity contribution in [1.29, 1.82) is 0 Å². The van der Waals surface area contributed by atoms with Gasteiger partial charge in [0.2, 0.25) is 0 Å². The average molecular weight is 298 g/mol. The molecule has 0 fully saturated rings. The third-order valence-electron chi connectivity index (χ3n) is 2.40. The van der Waals surface area contributed by atoms with E-state index in [4.69, 9.17) is 0 Å². The monoisotopic (exact) mass is 297 g/mol. The number of hydrogen-bond donors (Lipinski definition) is 1. The van der Waals surface area contributed by atoms with Crippen LogP contribution in [0.25, 0.3) is 0 Å². The maximum atomic E-state index is 10.4. The highest BCUT2D eigenvalue weighted by Gasteiger charge is 2.27. The fourth-order valence-electron chi connectivity index (χ4n) is 1.66. The second kappa shape index (κ2) is 4.65. The molecule has 2 rings (SSSR count). The van der Waals surface area contributed by atoms with Crippen molar-refractivity contribution in [2.24, 2.45) is 0 Å². The predicted octanol–water partition coefficient (Wildman–Crippen LogP) is 3.36. The molecule has 4 heteroatoms. The Balaban J connectivity index is 2.24. The summed E-state index contributed by atoms with van der Waals surface area (Å²) in [5, 5.41) is 10.4. The van der Waals surface area contributed by atoms with E-state index in [1.165, 1.54) is 11.3 Å². The van der Waals surface area contributed by atoms with Gasteiger partial charge in [-0.1, -0.05) is 30.3 Å². The van der Waals surface area contributed by atoms with Crippen LogP contribution in [0.3, 0.4) is 0 Å². The Labute approximate surface area is 107 Å². The summed E-state index contributed by atoms with van der Waals surface area (Å²) in [6, 6.07) is 9.97. The summed E-state index contributed by atoms with van der Waals surface area (Å²) in [6.45, 7) is 1.82. The fraction of sp³-hybridized carbons (Fsp3) is 0.250. The second-order valence-electron chi connectivity index (χ2n) is 3.91. The minimum absolute atomic E-state index is 0.592. The Bertz CT molecular complexity index is 467. The SMILES string of the molecule is CC(O)(Cc1ccccc1)c1scnc1Br. The number of aromatic nitrogens is 1. The maximum absolute atomic E-state index is 10.4. The third kappa shape index (κ3) is 2.51. The fourth-order valence-corrected chi connectivity index (χ4v) is 3.34. The molecule has 0 bridgehead atoms. The first kappa shape index (κ1) is 11.8. The van der Waals surface area contributed by atoms with Crippen LogP contribution in [0.1, 0.15) is 17.4 Å². The van der Waals surface area contributed by atoms with Crippen molar-refractivity contribution in [3.8, 4) is 0 Å². The van der Waals surface area contributed by atoms with E-state index in [0.29, 0.717) is 6.42 Å². The number of nitrogens with zero attached hydrogens (tertiary/aromatic N) is 1. The van der Waals surface area contributed by atoms with E-state index in [-0.39, 0.29) is 0 Å². The molecule has 0 radical (unpaired) electrons. The molecule has 0 aliphatic carbocycles. The van der Waals surface area contributed by atoms with Gasteiger partial charge in [-0.05, 0) is 28.4 Å². The molecule has 0 saturated heterocycles. The molecule has 1 aromatic carbocycles. The zero-order chi connectivity index (χ0) is 11.6. The number of rotatable bonds is 3. The molecule has 1 heterocycles. The van der Waals surface area contributed by atoms with Gasteiger partial charge >= 0.3 is 0 Å². The Morgan fingerprint density at radius 3 is 2.62 bits per heavy atom. The van der Waals surface area contributed by atoms with Crippen LogP contribution in [-0.4, -0.2) is 10.1 Å². The number of hydrogen-bond acceptors (Lipinski definition) is 3. The van der Waals surface area contributed by atoms with E-state index in [1.54, 1.807) is 5.51 Å². The minimum atomic E-state index is -0.874. The largest absolute Gasteiger partial charge is 0.384 e. The third-order valence-corrected chi connectivity index (χ3v) is 4.35. The van der Waals surface area contributed by atoms with Gasteiger partial charge < -0.3 is 5.11 Å². The molecule has 0 aliphatic heterocycles. The van der Waals surface area contributed by atoms with Gasteiger partial charge in [-0.3, -0.25) is 0 Å². The summed E-state index contributed by atoms with van der Waals surface area (Å²) in [5.74, 6) is 0.